The summed E-state index contributed by atoms with van der Waals surface area (Å²) < 4.78 is 4.97. The van der Waals surface area contributed by atoms with Gasteiger partial charge >= 0.3 is 0 Å². The fourth-order valence-electron chi connectivity index (χ4n) is 1.10. The van der Waals surface area contributed by atoms with Gasteiger partial charge in [-0.15, -0.1) is 0 Å². The Morgan fingerprint density at radius 3 is 3.11 bits per heavy atom. The normalized spacial score (nSPS) is 27.2. The molecular weight excluding hydrogens is 114 g/mol. The molecule has 0 radical (unpaired) electrons. The van der Waals surface area contributed by atoms with Crippen molar-refractivity contribution in [2.45, 2.75) is 12.5 Å². The Kier molecular flexibility index (Phi) is 2.25. The molecule has 2 nitrogen and oxygen atoms in total. The van der Waals surface area contributed by atoms with Crippen molar-refractivity contribution in [1.82, 2.24) is 5.32 Å². The van der Waals surface area contributed by atoms with Crippen LogP contribution in [-0.2, 0) is 4.74 Å². The first-order valence-electron chi connectivity index (χ1n) is 3.22. The zero-order valence-corrected chi connectivity index (χ0v) is 5.81. The molecule has 0 saturated carbocycles. The van der Waals surface area contributed by atoms with E-state index in [-0.39, 0.29) is 0 Å². The number of ether oxygens (including phenoxy) is 1. The SMILES string of the molecule is C=C1CNC(COC)C1. The zero-order chi connectivity index (χ0) is 6.69. The highest BCUT2D eigenvalue weighted by Crippen LogP contribution is 2.09. The molecule has 1 atom stereocenters. The lowest BCUT2D eigenvalue weighted by Gasteiger charge is -2.05. The summed E-state index contributed by atoms with van der Waals surface area (Å²) in [6, 6.07) is 0.516. The van der Waals surface area contributed by atoms with Crippen molar-refractivity contribution in [2.24, 2.45) is 0 Å². The maximum absolute atomic E-state index is 4.97. The first kappa shape index (κ1) is 6.78. The topological polar surface area (TPSA) is 21.3 Å². The second-order valence-corrected chi connectivity index (χ2v) is 2.49. The van der Waals surface area contributed by atoms with Crippen molar-refractivity contribution in [1.29, 1.82) is 0 Å². The Labute approximate surface area is 55.9 Å². The molecule has 9 heavy (non-hydrogen) atoms. The third-order valence-electron chi connectivity index (χ3n) is 1.54. The quantitative estimate of drug-likeness (QED) is 0.547. The lowest BCUT2D eigenvalue weighted by atomic mass is 10.2. The molecule has 1 aliphatic rings. The van der Waals surface area contributed by atoms with E-state index in [1.807, 2.05) is 0 Å². The molecule has 0 aromatic carbocycles. The number of nitrogens with one attached hydrogen (secondary N) is 1. The van der Waals surface area contributed by atoms with Crippen LogP contribution in [0.5, 0.6) is 0 Å². The van der Waals surface area contributed by atoms with E-state index in [9.17, 15) is 0 Å². The molecule has 0 aromatic rings. The van der Waals surface area contributed by atoms with Gasteiger partial charge < -0.3 is 10.1 Å². The molecule has 1 rings (SSSR count). The van der Waals surface area contributed by atoms with E-state index >= 15 is 0 Å². The van der Waals surface area contributed by atoms with Crippen molar-refractivity contribution in [3.05, 3.63) is 12.2 Å². The fourth-order valence-corrected chi connectivity index (χ4v) is 1.10. The van der Waals surface area contributed by atoms with E-state index in [1.54, 1.807) is 7.11 Å². The van der Waals surface area contributed by atoms with Crippen molar-refractivity contribution < 1.29 is 4.74 Å². The van der Waals surface area contributed by atoms with Crippen LogP contribution in [0.1, 0.15) is 6.42 Å². The third-order valence-corrected chi connectivity index (χ3v) is 1.54. The van der Waals surface area contributed by atoms with E-state index in [1.165, 1.54) is 5.57 Å². The van der Waals surface area contributed by atoms with Crippen molar-refractivity contribution in [2.75, 3.05) is 20.3 Å². The minimum Gasteiger partial charge on any atom is -0.383 e. The molecule has 2 heteroatoms. The van der Waals surface area contributed by atoms with E-state index in [2.05, 4.69) is 11.9 Å². The average Bonchev–Trinajstić information content (AvgIpc) is 2.17. The summed E-state index contributed by atoms with van der Waals surface area (Å²) in [5, 5.41) is 3.28. The molecule has 52 valence electrons. The Bertz CT molecular complexity index is 111. The zero-order valence-electron chi connectivity index (χ0n) is 5.81. The van der Waals surface area contributed by atoms with Gasteiger partial charge in [0.05, 0.1) is 6.61 Å². The largest absolute Gasteiger partial charge is 0.383 e. The highest BCUT2D eigenvalue weighted by atomic mass is 16.5. The highest BCUT2D eigenvalue weighted by molar-refractivity contribution is 5.06. The predicted octanol–water partition coefficient (Wildman–Crippen LogP) is 0.551. The monoisotopic (exact) mass is 127 g/mol. The molecule has 1 aliphatic heterocycles. The first-order chi connectivity index (χ1) is 4.33. The van der Waals surface area contributed by atoms with Gasteiger partial charge in [-0.05, 0) is 6.42 Å². The summed E-state index contributed by atoms with van der Waals surface area (Å²) in [5.74, 6) is 0. The summed E-state index contributed by atoms with van der Waals surface area (Å²) in [4.78, 5) is 0. The molecule has 0 amide bonds. The average molecular weight is 127 g/mol. The van der Waals surface area contributed by atoms with Crippen LogP contribution in [0.3, 0.4) is 0 Å². The second kappa shape index (κ2) is 2.99. The number of hydrogen-bond acceptors (Lipinski definition) is 2. The minimum absolute atomic E-state index is 0.516. The Morgan fingerprint density at radius 2 is 2.67 bits per heavy atom. The Hall–Kier alpha value is -0.340. The van der Waals surface area contributed by atoms with Gasteiger partial charge in [-0.2, -0.15) is 0 Å². The smallest absolute Gasteiger partial charge is 0.0619 e. The summed E-state index contributed by atoms with van der Waals surface area (Å²) in [7, 11) is 1.72. The third kappa shape index (κ3) is 1.80. The van der Waals surface area contributed by atoms with Crippen LogP contribution in [0.15, 0.2) is 12.2 Å². The standard InChI is InChI=1S/C7H13NO/c1-6-3-7(5-9-2)8-4-6/h7-8H,1,3-5H2,2H3. The molecule has 0 bridgehead atoms. The summed E-state index contributed by atoms with van der Waals surface area (Å²) in [5.41, 5.74) is 1.29. The Balaban J connectivity index is 2.22. The molecular formula is C7H13NO. The van der Waals surface area contributed by atoms with Gasteiger partial charge in [0, 0.05) is 19.7 Å². The van der Waals surface area contributed by atoms with E-state index in [0.29, 0.717) is 6.04 Å². The molecule has 1 saturated heterocycles. The van der Waals surface area contributed by atoms with Crippen LogP contribution < -0.4 is 5.32 Å². The van der Waals surface area contributed by atoms with E-state index in [0.717, 1.165) is 19.6 Å². The van der Waals surface area contributed by atoms with E-state index in [4.69, 9.17) is 4.74 Å². The van der Waals surface area contributed by atoms with Crippen molar-refractivity contribution in [3.63, 3.8) is 0 Å². The van der Waals surface area contributed by atoms with Gasteiger partial charge in [0.2, 0.25) is 0 Å². The lowest BCUT2D eigenvalue weighted by molar-refractivity contribution is 0.174. The van der Waals surface area contributed by atoms with Crippen LogP contribution in [0.4, 0.5) is 0 Å². The van der Waals surface area contributed by atoms with Crippen molar-refractivity contribution >= 4 is 0 Å². The van der Waals surface area contributed by atoms with Crippen LogP contribution in [-0.4, -0.2) is 26.3 Å². The predicted molar refractivity (Wildman–Crippen MR) is 37.4 cm³/mol. The molecule has 0 spiro atoms. The maximum atomic E-state index is 4.97. The molecule has 1 fully saturated rings. The minimum atomic E-state index is 0.516. The number of methoxy groups -OCH3 is 1. The molecule has 0 aromatic heterocycles. The van der Waals surface area contributed by atoms with E-state index < -0.39 is 0 Å². The molecule has 1 N–H and O–H groups in total. The van der Waals surface area contributed by atoms with Gasteiger partial charge in [0.1, 0.15) is 0 Å². The van der Waals surface area contributed by atoms with Crippen LogP contribution in [0.25, 0.3) is 0 Å². The summed E-state index contributed by atoms with van der Waals surface area (Å²) in [6.45, 7) is 5.64. The fraction of sp³-hybridized carbons (Fsp3) is 0.714. The van der Waals surface area contributed by atoms with Gasteiger partial charge in [-0.25, -0.2) is 0 Å². The van der Waals surface area contributed by atoms with Crippen LogP contribution in [0.2, 0.25) is 0 Å². The maximum Gasteiger partial charge on any atom is 0.0619 e. The number of rotatable bonds is 2. The second-order valence-electron chi connectivity index (χ2n) is 2.49. The highest BCUT2D eigenvalue weighted by Gasteiger charge is 2.15. The number of hydrogen-bond donors (Lipinski definition) is 1. The lowest BCUT2D eigenvalue weighted by Crippen LogP contribution is -2.25. The van der Waals surface area contributed by atoms with Gasteiger partial charge in [-0.1, -0.05) is 12.2 Å². The van der Waals surface area contributed by atoms with Gasteiger partial charge in [0.25, 0.3) is 0 Å². The molecule has 0 aliphatic carbocycles. The summed E-state index contributed by atoms with van der Waals surface area (Å²) >= 11 is 0. The van der Waals surface area contributed by atoms with Gasteiger partial charge in [-0.3, -0.25) is 0 Å². The molecule has 1 unspecified atom stereocenters. The van der Waals surface area contributed by atoms with Gasteiger partial charge in [0.15, 0.2) is 0 Å². The van der Waals surface area contributed by atoms with Crippen LogP contribution in [0, 0.1) is 0 Å². The van der Waals surface area contributed by atoms with Crippen LogP contribution >= 0.6 is 0 Å². The van der Waals surface area contributed by atoms with Crippen molar-refractivity contribution in [3.8, 4) is 0 Å². The summed E-state index contributed by atoms with van der Waals surface area (Å²) in [6.07, 6.45) is 1.08. The molecule has 1 heterocycles. The Morgan fingerprint density at radius 1 is 1.89 bits per heavy atom. The first-order valence-corrected chi connectivity index (χ1v) is 3.22.